The van der Waals surface area contributed by atoms with Crippen molar-refractivity contribution in [2.75, 3.05) is 65.4 Å². The first-order valence-electron chi connectivity index (χ1n) is 11.4. The molecule has 0 aliphatic carbocycles. The predicted octanol–water partition coefficient (Wildman–Crippen LogP) is 0.174. The third kappa shape index (κ3) is 8.18. The van der Waals surface area contributed by atoms with Crippen molar-refractivity contribution in [2.45, 2.75) is 6.42 Å². The first-order valence-corrected chi connectivity index (χ1v) is 11.4. The van der Waals surface area contributed by atoms with E-state index < -0.39 is 11.9 Å². The van der Waals surface area contributed by atoms with Gasteiger partial charge in [-0.2, -0.15) is 0 Å². The van der Waals surface area contributed by atoms with Gasteiger partial charge in [0.1, 0.15) is 11.3 Å². The molecule has 1 aliphatic heterocycles. The van der Waals surface area contributed by atoms with Gasteiger partial charge in [-0.3, -0.25) is 9.69 Å². The highest BCUT2D eigenvalue weighted by atomic mass is 16.5. The highest BCUT2D eigenvalue weighted by molar-refractivity contribution is 6.27. The number of anilines is 1. The minimum Gasteiger partial charge on any atom is -0.628 e. The summed E-state index contributed by atoms with van der Waals surface area (Å²) in [7, 11) is 5.05. The fourth-order valence-electron chi connectivity index (χ4n) is 3.73. The zero-order valence-electron chi connectivity index (χ0n) is 20.7. The van der Waals surface area contributed by atoms with Crippen LogP contribution < -0.4 is 14.7 Å². The van der Waals surface area contributed by atoms with E-state index in [0.717, 1.165) is 50.6 Å². The minimum absolute atomic E-state index is 0.0755. The van der Waals surface area contributed by atoms with Crippen molar-refractivity contribution in [1.82, 2.24) is 14.8 Å². The molecule has 1 aliphatic rings. The molecule has 1 unspecified atom stereocenters. The van der Waals surface area contributed by atoms with Gasteiger partial charge < -0.3 is 35.0 Å². The van der Waals surface area contributed by atoms with Crippen molar-refractivity contribution in [1.29, 1.82) is 0 Å². The van der Waals surface area contributed by atoms with E-state index in [2.05, 4.69) is 20.9 Å². The van der Waals surface area contributed by atoms with Crippen LogP contribution in [0.3, 0.4) is 0 Å². The van der Waals surface area contributed by atoms with Crippen molar-refractivity contribution in [3.05, 3.63) is 53.4 Å². The zero-order chi connectivity index (χ0) is 26.7. The number of carboxylic acid groups (broad SMARTS) is 2. The van der Waals surface area contributed by atoms with Crippen molar-refractivity contribution < 1.29 is 34.4 Å². The molecule has 12 heteroatoms. The van der Waals surface area contributed by atoms with Crippen LogP contribution in [0.4, 0.5) is 11.5 Å². The average Bonchev–Trinajstić information content (AvgIpc) is 2.88. The van der Waals surface area contributed by atoms with Crippen LogP contribution in [0.2, 0.25) is 0 Å². The summed E-state index contributed by atoms with van der Waals surface area (Å²) in [5.41, 5.74) is 1.50. The van der Waals surface area contributed by atoms with Crippen LogP contribution in [0.15, 0.2) is 42.6 Å². The summed E-state index contributed by atoms with van der Waals surface area (Å²) in [4.78, 5) is 40.9. The van der Waals surface area contributed by atoms with E-state index in [4.69, 9.17) is 24.5 Å². The SMILES string of the molecule is COc1ccccc1N1CCN(CCC[NH+]([O-])c2ncccc2C(=O)N(C)C)CC1.O=C(O)C(=O)O. The van der Waals surface area contributed by atoms with Gasteiger partial charge in [0.15, 0.2) is 0 Å². The summed E-state index contributed by atoms with van der Waals surface area (Å²) in [6.45, 7) is 4.99. The number of hydrogen-bond donors (Lipinski definition) is 3. The van der Waals surface area contributed by atoms with Crippen LogP contribution in [0.1, 0.15) is 16.8 Å². The van der Waals surface area contributed by atoms with Crippen molar-refractivity contribution in [2.24, 2.45) is 0 Å². The van der Waals surface area contributed by atoms with Crippen LogP contribution in [0, 0.1) is 5.21 Å². The summed E-state index contributed by atoms with van der Waals surface area (Å²) in [5.74, 6) is -2.67. The molecule has 1 atom stereocenters. The summed E-state index contributed by atoms with van der Waals surface area (Å²) in [5, 5.41) is 27.4. The number of hydroxylamine groups is 1. The lowest BCUT2D eigenvalue weighted by Crippen LogP contribution is -3.02. The van der Waals surface area contributed by atoms with E-state index in [1.807, 2.05) is 18.2 Å². The fourth-order valence-corrected chi connectivity index (χ4v) is 3.73. The Labute approximate surface area is 209 Å². The molecule has 1 fully saturated rings. The number of hydrogen-bond acceptors (Lipinski definition) is 8. The monoisotopic (exact) mass is 503 g/mol. The number of carbonyl (C=O) groups is 3. The fraction of sp³-hybridized carbons (Fsp3) is 0.417. The lowest BCUT2D eigenvalue weighted by atomic mass is 10.2. The third-order valence-corrected chi connectivity index (χ3v) is 5.57. The summed E-state index contributed by atoms with van der Waals surface area (Å²) in [6.07, 6.45) is 2.32. The largest absolute Gasteiger partial charge is 0.628 e. The smallest absolute Gasteiger partial charge is 0.414 e. The lowest BCUT2D eigenvalue weighted by Gasteiger charge is -2.36. The average molecular weight is 504 g/mol. The van der Waals surface area contributed by atoms with Crippen LogP contribution in [-0.2, 0) is 9.59 Å². The molecule has 0 bridgehead atoms. The maximum atomic E-state index is 12.7. The number of piperazine rings is 1. The molecule has 2 heterocycles. The first-order chi connectivity index (χ1) is 17.1. The van der Waals surface area contributed by atoms with Crippen molar-refractivity contribution >= 4 is 29.4 Å². The van der Waals surface area contributed by atoms with Gasteiger partial charge in [0.2, 0.25) is 5.82 Å². The van der Waals surface area contributed by atoms with Crippen molar-refractivity contribution in [3.8, 4) is 5.75 Å². The number of aromatic nitrogens is 1. The van der Waals surface area contributed by atoms with E-state index in [9.17, 15) is 10.0 Å². The third-order valence-electron chi connectivity index (χ3n) is 5.57. The number of para-hydroxylation sites is 2. The van der Waals surface area contributed by atoms with Crippen LogP contribution >= 0.6 is 0 Å². The minimum atomic E-state index is -1.82. The van der Waals surface area contributed by atoms with Crippen molar-refractivity contribution in [3.63, 3.8) is 0 Å². The molecule has 3 N–H and O–H groups in total. The zero-order valence-corrected chi connectivity index (χ0v) is 20.7. The van der Waals surface area contributed by atoms with Crippen LogP contribution in [-0.4, -0.2) is 103 Å². The van der Waals surface area contributed by atoms with E-state index in [0.29, 0.717) is 12.1 Å². The second-order valence-electron chi connectivity index (χ2n) is 8.24. The number of benzene rings is 1. The number of methoxy groups -OCH3 is 1. The van der Waals surface area contributed by atoms with Gasteiger partial charge >= 0.3 is 11.9 Å². The number of aliphatic carboxylic acids is 2. The van der Waals surface area contributed by atoms with Gasteiger partial charge in [0.05, 0.1) is 19.3 Å². The molecule has 0 radical (unpaired) electrons. The number of carboxylic acids is 2. The number of rotatable bonds is 8. The Hall–Kier alpha value is -3.74. The maximum Gasteiger partial charge on any atom is 0.414 e. The quantitative estimate of drug-likeness (QED) is 0.336. The summed E-state index contributed by atoms with van der Waals surface area (Å²) in [6, 6.07) is 11.4. The summed E-state index contributed by atoms with van der Waals surface area (Å²) < 4.78 is 5.47. The van der Waals surface area contributed by atoms with Gasteiger partial charge in [-0.15, -0.1) is 0 Å². The Morgan fingerprint density at radius 3 is 2.28 bits per heavy atom. The first kappa shape index (κ1) is 28.5. The van der Waals surface area contributed by atoms with E-state index >= 15 is 0 Å². The van der Waals surface area contributed by atoms with Gasteiger partial charge in [0.25, 0.3) is 5.91 Å². The molecule has 36 heavy (non-hydrogen) atoms. The standard InChI is InChI=1S/C22H31N5O3.C2H2O4/c1-24(2)22(28)18-8-6-11-23-21(18)27(29)13-7-12-25-14-16-26(17-15-25)19-9-4-5-10-20(19)30-3;3-1(4)2(5)6/h4-6,8-11,27H,7,12-17H2,1-3H3;(H,3,4)(H,5,6). The van der Waals surface area contributed by atoms with E-state index in [1.165, 1.54) is 4.90 Å². The van der Waals surface area contributed by atoms with Gasteiger partial charge in [0, 0.05) is 59.4 Å². The number of carbonyl (C=O) groups excluding carboxylic acids is 1. The van der Waals surface area contributed by atoms with Gasteiger partial charge in [-0.1, -0.05) is 12.1 Å². The Bertz CT molecular complexity index is 1010. The molecule has 0 spiro atoms. The number of quaternary nitrogens is 1. The predicted molar refractivity (Wildman–Crippen MR) is 133 cm³/mol. The Balaban J connectivity index is 0.000000678. The second kappa shape index (κ2) is 14.0. The molecular weight excluding hydrogens is 470 g/mol. The molecule has 196 valence electrons. The second-order valence-corrected chi connectivity index (χ2v) is 8.24. The summed E-state index contributed by atoms with van der Waals surface area (Å²) >= 11 is 0. The van der Waals surface area contributed by atoms with Gasteiger partial charge in [-0.05, 0) is 24.3 Å². The molecule has 2 aromatic rings. The number of nitrogens with one attached hydrogen (secondary N) is 1. The molecule has 0 saturated carbocycles. The molecule has 1 aromatic heterocycles. The van der Waals surface area contributed by atoms with Crippen LogP contribution in [0.25, 0.3) is 0 Å². The topological polar surface area (TPSA) is 151 Å². The molecule has 3 rings (SSSR count). The molecule has 1 aromatic carbocycles. The number of amides is 1. The Morgan fingerprint density at radius 1 is 1.06 bits per heavy atom. The number of nitrogens with zero attached hydrogens (tertiary/aromatic N) is 4. The number of pyridine rings is 1. The normalized spacial score (nSPS) is 14.3. The lowest BCUT2D eigenvalue weighted by molar-refractivity contribution is -0.779. The van der Waals surface area contributed by atoms with Crippen LogP contribution in [0.5, 0.6) is 5.75 Å². The Morgan fingerprint density at radius 2 is 1.69 bits per heavy atom. The number of ether oxygens (including phenoxy) is 1. The van der Waals surface area contributed by atoms with Gasteiger partial charge in [-0.25, -0.2) is 14.6 Å². The molecule has 12 nitrogen and oxygen atoms in total. The van der Waals surface area contributed by atoms with E-state index in [-0.39, 0.29) is 16.8 Å². The highest BCUT2D eigenvalue weighted by Gasteiger charge is 2.21. The Kier molecular flexibility index (Phi) is 11.1. The molecular formula is C24H33N5O7. The maximum absolute atomic E-state index is 12.7. The molecule has 1 saturated heterocycles. The molecule has 1 amide bonds. The highest BCUT2D eigenvalue weighted by Crippen LogP contribution is 2.28. The van der Waals surface area contributed by atoms with E-state index in [1.54, 1.807) is 39.5 Å².